The molecule has 2 saturated heterocycles. The summed E-state index contributed by atoms with van der Waals surface area (Å²) in [5.74, 6) is 0.808. The van der Waals surface area contributed by atoms with Gasteiger partial charge in [-0.3, -0.25) is 4.79 Å². The normalized spacial score (nSPS) is 31.5. The Morgan fingerprint density at radius 3 is 2.46 bits per heavy atom. The van der Waals surface area contributed by atoms with Gasteiger partial charge in [0.25, 0.3) is 0 Å². The number of rotatable bonds is 1. The highest BCUT2D eigenvalue weighted by atomic mass is 16.5. The maximum absolute atomic E-state index is 11.6. The third-order valence-electron chi connectivity index (χ3n) is 3.35. The first-order valence-corrected chi connectivity index (χ1v) is 4.90. The van der Waals surface area contributed by atoms with Crippen molar-refractivity contribution < 1.29 is 9.53 Å². The van der Waals surface area contributed by atoms with Crippen molar-refractivity contribution in [2.75, 3.05) is 20.3 Å². The molecule has 3 heteroatoms. The van der Waals surface area contributed by atoms with Gasteiger partial charge in [0.1, 0.15) is 0 Å². The van der Waals surface area contributed by atoms with Crippen LogP contribution in [0.15, 0.2) is 0 Å². The highest BCUT2D eigenvalue weighted by molar-refractivity contribution is 5.80. The molecule has 2 aliphatic heterocycles. The summed E-state index contributed by atoms with van der Waals surface area (Å²) >= 11 is 0. The summed E-state index contributed by atoms with van der Waals surface area (Å²) in [4.78, 5) is 13.5. The largest absolute Gasteiger partial charge is 0.380 e. The molecule has 74 valence electrons. The van der Waals surface area contributed by atoms with E-state index in [0.29, 0.717) is 18.4 Å². The fourth-order valence-electron chi connectivity index (χ4n) is 2.89. The predicted molar refractivity (Wildman–Crippen MR) is 49.3 cm³/mol. The molecule has 3 nitrogen and oxygen atoms in total. The maximum atomic E-state index is 11.6. The zero-order valence-electron chi connectivity index (χ0n) is 8.54. The van der Waals surface area contributed by atoms with Crippen molar-refractivity contribution in [3.05, 3.63) is 0 Å². The molecule has 2 fully saturated rings. The van der Waals surface area contributed by atoms with E-state index in [9.17, 15) is 4.79 Å². The van der Waals surface area contributed by atoms with Gasteiger partial charge in [-0.15, -0.1) is 0 Å². The third-order valence-corrected chi connectivity index (χ3v) is 3.35. The van der Waals surface area contributed by atoms with Gasteiger partial charge >= 0.3 is 0 Å². The van der Waals surface area contributed by atoms with E-state index in [1.807, 2.05) is 11.9 Å². The molecule has 1 unspecified atom stereocenters. The molecule has 1 atom stereocenters. The van der Waals surface area contributed by atoms with E-state index in [0.717, 1.165) is 13.2 Å². The van der Waals surface area contributed by atoms with Gasteiger partial charge in [0.05, 0.1) is 13.2 Å². The molecular formula is C10H17NO2. The predicted octanol–water partition coefficient (Wildman–Crippen LogP) is 0.890. The lowest BCUT2D eigenvalue weighted by Crippen LogP contribution is -2.53. The average Bonchev–Trinajstić information content (AvgIpc) is 2.23. The topological polar surface area (TPSA) is 29.5 Å². The van der Waals surface area contributed by atoms with Crippen molar-refractivity contribution in [1.29, 1.82) is 0 Å². The van der Waals surface area contributed by atoms with Crippen LogP contribution in [0.25, 0.3) is 0 Å². The lowest BCUT2D eigenvalue weighted by molar-refractivity contribution is -0.134. The van der Waals surface area contributed by atoms with Gasteiger partial charge in [-0.1, -0.05) is 13.8 Å². The molecular weight excluding hydrogens is 166 g/mol. The maximum Gasteiger partial charge on any atom is 0.223 e. The Morgan fingerprint density at radius 2 is 2.15 bits per heavy atom. The van der Waals surface area contributed by atoms with Crippen LogP contribution in [0, 0.1) is 11.3 Å². The number of nitrogens with zero attached hydrogens (tertiary/aromatic N) is 1. The Balaban J connectivity index is 2.24. The molecule has 1 amide bonds. The number of hydrogen-bond donors (Lipinski definition) is 0. The molecule has 1 spiro atoms. The summed E-state index contributed by atoms with van der Waals surface area (Å²) in [7, 11) is 1.92. The smallest absolute Gasteiger partial charge is 0.223 e. The highest BCUT2D eigenvalue weighted by Crippen LogP contribution is 2.45. The van der Waals surface area contributed by atoms with E-state index < -0.39 is 0 Å². The molecule has 0 saturated carbocycles. The lowest BCUT2D eigenvalue weighted by Gasteiger charge is -2.45. The van der Waals surface area contributed by atoms with Crippen molar-refractivity contribution in [2.24, 2.45) is 11.3 Å². The van der Waals surface area contributed by atoms with Gasteiger partial charge in [-0.25, -0.2) is 0 Å². The number of amides is 1. The Labute approximate surface area is 79.0 Å². The number of likely N-dealkylation sites (tertiary alicyclic amines) is 1. The minimum Gasteiger partial charge on any atom is -0.380 e. The van der Waals surface area contributed by atoms with Crippen LogP contribution in [-0.2, 0) is 9.53 Å². The first kappa shape index (κ1) is 9.00. The van der Waals surface area contributed by atoms with Gasteiger partial charge in [-0.05, 0) is 5.92 Å². The second kappa shape index (κ2) is 2.71. The Morgan fingerprint density at radius 1 is 1.54 bits per heavy atom. The Hall–Kier alpha value is -0.570. The van der Waals surface area contributed by atoms with E-state index in [1.165, 1.54) is 0 Å². The lowest BCUT2D eigenvalue weighted by atomic mass is 9.74. The fourth-order valence-corrected chi connectivity index (χ4v) is 2.89. The number of carbonyl (C=O) groups is 1. The van der Waals surface area contributed by atoms with Crippen molar-refractivity contribution >= 4 is 5.91 Å². The van der Waals surface area contributed by atoms with Crippen LogP contribution in [-0.4, -0.2) is 37.1 Å². The van der Waals surface area contributed by atoms with Crippen LogP contribution in [0.2, 0.25) is 0 Å². The number of hydrogen-bond acceptors (Lipinski definition) is 2. The summed E-state index contributed by atoms with van der Waals surface area (Å²) in [6, 6.07) is 0.383. The second-order valence-corrected chi connectivity index (χ2v) is 4.73. The first-order valence-electron chi connectivity index (χ1n) is 4.90. The molecule has 0 aromatic heterocycles. The van der Waals surface area contributed by atoms with Crippen LogP contribution in [0.3, 0.4) is 0 Å². The van der Waals surface area contributed by atoms with E-state index >= 15 is 0 Å². The van der Waals surface area contributed by atoms with Gasteiger partial charge in [-0.2, -0.15) is 0 Å². The SMILES string of the molecule is CC(C)C1N(C)C(=O)CC12COC2. The number of carbonyl (C=O) groups excluding carboxylic acids is 1. The molecule has 2 heterocycles. The van der Waals surface area contributed by atoms with Crippen LogP contribution >= 0.6 is 0 Å². The quantitative estimate of drug-likeness (QED) is 0.604. The van der Waals surface area contributed by atoms with E-state index in [-0.39, 0.29) is 11.3 Å². The minimum atomic E-state index is 0.153. The molecule has 0 radical (unpaired) electrons. The summed E-state index contributed by atoms with van der Waals surface area (Å²) in [5, 5.41) is 0. The minimum absolute atomic E-state index is 0.153. The van der Waals surface area contributed by atoms with Crippen molar-refractivity contribution in [2.45, 2.75) is 26.3 Å². The molecule has 0 bridgehead atoms. The number of ether oxygens (including phenoxy) is 1. The Bertz CT molecular complexity index is 233. The Kier molecular flexibility index (Phi) is 1.88. The van der Waals surface area contributed by atoms with Crippen LogP contribution < -0.4 is 0 Å². The first-order chi connectivity index (χ1) is 6.07. The molecule has 2 aliphatic rings. The van der Waals surface area contributed by atoms with E-state index in [2.05, 4.69) is 13.8 Å². The standard InChI is InChI=1S/C10H17NO2/c1-7(2)9-10(5-13-6-10)4-8(12)11(9)3/h7,9H,4-6H2,1-3H3. The molecule has 2 rings (SSSR count). The zero-order valence-corrected chi connectivity index (χ0v) is 8.54. The fraction of sp³-hybridized carbons (Fsp3) is 0.900. The van der Waals surface area contributed by atoms with E-state index in [4.69, 9.17) is 4.74 Å². The van der Waals surface area contributed by atoms with Crippen LogP contribution in [0.4, 0.5) is 0 Å². The summed E-state index contributed by atoms with van der Waals surface area (Å²) in [6.45, 7) is 5.90. The van der Waals surface area contributed by atoms with Crippen LogP contribution in [0.5, 0.6) is 0 Å². The van der Waals surface area contributed by atoms with Crippen molar-refractivity contribution in [3.63, 3.8) is 0 Å². The summed E-state index contributed by atoms with van der Waals surface area (Å²) in [5.41, 5.74) is 0.153. The molecule has 0 N–H and O–H groups in total. The molecule has 0 aromatic carbocycles. The highest BCUT2D eigenvalue weighted by Gasteiger charge is 2.55. The van der Waals surface area contributed by atoms with Gasteiger partial charge in [0.15, 0.2) is 0 Å². The monoisotopic (exact) mass is 183 g/mol. The molecule has 0 aliphatic carbocycles. The zero-order chi connectivity index (χ0) is 9.64. The van der Waals surface area contributed by atoms with Gasteiger partial charge < -0.3 is 9.64 Å². The van der Waals surface area contributed by atoms with Crippen molar-refractivity contribution in [1.82, 2.24) is 4.90 Å². The summed E-state index contributed by atoms with van der Waals surface area (Å²) < 4.78 is 5.26. The molecule has 0 aromatic rings. The molecule has 13 heavy (non-hydrogen) atoms. The van der Waals surface area contributed by atoms with Crippen molar-refractivity contribution in [3.8, 4) is 0 Å². The third kappa shape index (κ3) is 1.10. The van der Waals surface area contributed by atoms with E-state index in [1.54, 1.807) is 0 Å². The van der Waals surface area contributed by atoms with Gasteiger partial charge in [0.2, 0.25) is 5.91 Å². The average molecular weight is 183 g/mol. The summed E-state index contributed by atoms with van der Waals surface area (Å²) in [6.07, 6.45) is 0.687. The second-order valence-electron chi connectivity index (χ2n) is 4.73. The van der Waals surface area contributed by atoms with Gasteiger partial charge in [0, 0.05) is 24.9 Å². The van der Waals surface area contributed by atoms with Crippen LogP contribution in [0.1, 0.15) is 20.3 Å².